The first kappa shape index (κ1) is 87.1. The minimum absolute atomic E-state index is 0. The molecule has 0 saturated heterocycles. The standard InChI is InChI=1S/C28H36O4.C24H28O4.C22H24O6.C22H24O4.4H2/c1-3-5-7-21-9-13-23(14-10-21)27(29)31-25-17-19-26(20-18-25)32-28(30)24-15-11-22(12-16-24)8-6-4-2;1-3-17-5-9-19(10-6-17)23(25)27-21-13-15-22(16-14-21)28-24(26)20-11-7-18(4-2)8-12-20;1-25-17-7-3-15(4-8-17)21(23)27-19-11-13-20(14-12-19)28-22(24)16-5-9-18(26-2)10-6-16;1-15-3-7-17(8-4-15)21(23)25-19-11-13-20(14-12-19)26-22(24)18-9-5-16(2)6-10-18;;;;/h9-16,25-26H,3-8,17-20H2,1-2H3;5-12,21-22H,3-4,13-16H2,1-2H3;3-10,19-20H,11-14H2,1-2H3;3-10,19-20H,11-14H2,1-2H3;4*1H. The molecule has 0 spiro atoms. The smallest absolute Gasteiger partial charge is 0.338 e. The van der Waals surface area contributed by atoms with Crippen LogP contribution in [0.15, 0.2) is 194 Å². The summed E-state index contributed by atoms with van der Waals surface area (Å²) in [4.78, 5) is 98.4. The molecule has 0 aliphatic heterocycles. The van der Waals surface area contributed by atoms with E-state index in [1.165, 1.54) is 22.3 Å². The maximum absolute atomic E-state index is 12.5. The van der Waals surface area contributed by atoms with Gasteiger partial charge in [0.2, 0.25) is 0 Å². The molecule has 0 amide bonds. The van der Waals surface area contributed by atoms with Crippen LogP contribution < -0.4 is 9.47 Å². The van der Waals surface area contributed by atoms with Crippen molar-refractivity contribution >= 4 is 47.8 Å². The van der Waals surface area contributed by atoms with Crippen molar-refractivity contribution in [2.24, 2.45) is 0 Å². The van der Waals surface area contributed by atoms with Crippen LogP contribution in [0.25, 0.3) is 0 Å². The van der Waals surface area contributed by atoms with Gasteiger partial charge in [-0.2, -0.15) is 0 Å². The van der Waals surface area contributed by atoms with E-state index in [2.05, 4.69) is 27.7 Å². The van der Waals surface area contributed by atoms with Gasteiger partial charge in [-0.25, -0.2) is 38.4 Å². The molecule has 0 heterocycles. The van der Waals surface area contributed by atoms with E-state index in [1.54, 1.807) is 87.0 Å². The largest absolute Gasteiger partial charge is 0.497 e. The molecule has 0 bridgehead atoms. The van der Waals surface area contributed by atoms with Crippen molar-refractivity contribution in [3.8, 4) is 11.5 Å². The predicted molar refractivity (Wildman–Crippen MR) is 446 cm³/mol. The topological polar surface area (TPSA) is 229 Å². The quantitative estimate of drug-likeness (QED) is 0.0362. The summed E-state index contributed by atoms with van der Waals surface area (Å²) in [5.41, 5.74) is 11.6. The van der Waals surface area contributed by atoms with Crippen LogP contribution in [0, 0.1) is 13.8 Å². The number of benzene rings is 8. The lowest BCUT2D eigenvalue weighted by molar-refractivity contribution is -0.0108. The Hall–Kier alpha value is -10.9. The summed E-state index contributed by atoms with van der Waals surface area (Å²) in [6.07, 6.45) is 18.8. The highest BCUT2D eigenvalue weighted by molar-refractivity contribution is 5.93. The molecule has 8 aromatic carbocycles. The van der Waals surface area contributed by atoms with Gasteiger partial charge in [0, 0.05) is 5.71 Å². The number of ether oxygens (including phenoxy) is 10. The molecular formula is C96H120O18. The average Bonchev–Trinajstić information content (AvgIpc) is 0.863. The van der Waals surface area contributed by atoms with Gasteiger partial charge in [0.15, 0.2) is 0 Å². The predicted octanol–water partition coefficient (Wildman–Crippen LogP) is 21.5. The average molecular weight is 1560 g/mol. The van der Waals surface area contributed by atoms with Gasteiger partial charge in [-0.1, -0.05) is 124 Å². The molecule has 612 valence electrons. The SMILES string of the molecule is CCCCc1ccc(C(=O)OC2CCC(OC(=O)c3ccc(CCCC)cc3)CC2)cc1.CCc1ccc(C(=O)OC2CCC(OC(=O)c3ccc(CC)cc3)CC2)cc1.COc1ccc(C(=O)OC2CCC(OC(=O)c3ccc(OC)cc3)CC2)cc1.Cc1ccc(C(=O)OC2CCC(OC(=O)c3ccc(C)cc3)CC2)cc1.[HH].[HH].[HH].[HH]. The summed E-state index contributed by atoms with van der Waals surface area (Å²) in [6.45, 7) is 12.5. The molecule has 4 aliphatic rings. The van der Waals surface area contributed by atoms with Gasteiger partial charge in [0.1, 0.15) is 60.3 Å². The number of hydrogen-bond acceptors (Lipinski definition) is 18. The van der Waals surface area contributed by atoms with Crippen molar-refractivity contribution in [2.45, 2.75) is 244 Å². The van der Waals surface area contributed by atoms with Crippen LogP contribution in [0.3, 0.4) is 0 Å². The Morgan fingerprint density at radius 1 is 0.246 bits per heavy atom. The van der Waals surface area contributed by atoms with Gasteiger partial charge in [0.25, 0.3) is 0 Å². The lowest BCUT2D eigenvalue weighted by Crippen LogP contribution is -2.29. The Balaban J connectivity index is 0.000000278. The molecule has 18 nitrogen and oxygen atoms in total. The molecule has 4 fully saturated rings. The zero-order valence-electron chi connectivity index (χ0n) is 67.4. The molecule has 0 aromatic heterocycles. The molecule has 0 atom stereocenters. The monoisotopic (exact) mass is 1560 g/mol. The van der Waals surface area contributed by atoms with E-state index in [4.69, 9.17) is 47.4 Å². The van der Waals surface area contributed by atoms with Gasteiger partial charge < -0.3 is 47.4 Å². The second-order valence-electron chi connectivity index (χ2n) is 29.7. The van der Waals surface area contributed by atoms with Gasteiger partial charge in [-0.15, -0.1) is 0 Å². The first-order valence-electron chi connectivity index (χ1n) is 40.7. The summed E-state index contributed by atoms with van der Waals surface area (Å²) in [5.74, 6) is -0.978. The zero-order valence-corrected chi connectivity index (χ0v) is 67.4. The van der Waals surface area contributed by atoms with Crippen LogP contribution in [0.1, 0.15) is 278 Å². The fraction of sp³-hybridized carbons (Fsp3) is 0.417. The summed E-state index contributed by atoms with van der Waals surface area (Å²) in [6, 6.07) is 59.0. The van der Waals surface area contributed by atoms with Crippen molar-refractivity contribution in [3.63, 3.8) is 0 Å². The molecule has 4 aliphatic carbocycles. The molecule has 0 N–H and O–H groups in total. The van der Waals surface area contributed by atoms with Crippen LogP contribution in [0.5, 0.6) is 11.5 Å². The number of esters is 8. The highest BCUT2D eigenvalue weighted by atomic mass is 16.6. The fourth-order valence-electron chi connectivity index (χ4n) is 13.8. The van der Waals surface area contributed by atoms with E-state index in [0.29, 0.717) is 159 Å². The molecule has 0 radical (unpaired) electrons. The fourth-order valence-corrected chi connectivity index (χ4v) is 13.8. The van der Waals surface area contributed by atoms with E-state index in [-0.39, 0.29) is 102 Å². The summed E-state index contributed by atoms with van der Waals surface area (Å²) in [7, 11) is 3.15. The zero-order chi connectivity index (χ0) is 81.1. The Bertz CT molecular complexity index is 3900. The molecule has 18 heteroatoms. The van der Waals surface area contributed by atoms with Crippen LogP contribution in [0.4, 0.5) is 0 Å². The molecule has 8 aromatic rings. The minimum atomic E-state index is -0.346. The highest BCUT2D eigenvalue weighted by Crippen LogP contribution is 2.31. The number of aryl methyl sites for hydroxylation is 6. The summed E-state index contributed by atoms with van der Waals surface area (Å²) < 4.78 is 55.2. The molecule has 114 heavy (non-hydrogen) atoms. The van der Waals surface area contributed by atoms with E-state index in [9.17, 15) is 38.4 Å². The lowest BCUT2D eigenvalue weighted by Gasteiger charge is -2.28. The van der Waals surface area contributed by atoms with Crippen LogP contribution >= 0.6 is 0 Å². The van der Waals surface area contributed by atoms with Crippen molar-refractivity contribution in [3.05, 3.63) is 272 Å². The molecular weight excluding hydrogens is 1440 g/mol. The van der Waals surface area contributed by atoms with Gasteiger partial charge >= 0.3 is 47.8 Å². The third kappa shape index (κ3) is 28.3. The Labute approximate surface area is 678 Å². The third-order valence-electron chi connectivity index (χ3n) is 21.1. The number of unbranched alkanes of at least 4 members (excludes halogenated alkanes) is 2. The van der Waals surface area contributed by atoms with Crippen molar-refractivity contribution in [1.29, 1.82) is 0 Å². The second kappa shape index (κ2) is 45.7. The van der Waals surface area contributed by atoms with E-state index < -0.39 is 0 Å². The van der Waals surface area contributed by atoms with Crippen molar-refractivity contribution in [1.82, 2.24) is 0 Å². The van der Waals surface area contributed by atoms with Crippen LogP contribution in [-0.2, 0) is 63.6 Å². The lowest BCUT2D eigenvalue weighted by atomic mass is 9.94. The first-order chi connectivity index (χ1) is 55.3. The number of hydrogen-bond donors (Lipinski definition) is 0. The molecule has 0 unspecified atom stereocenters. The summed E-state index contributed by atoms with van der Waals surface area (Å²) >= 11 is 0. The number of carbonyl (C=O) groups is 8. The maximum Gasteiger partial charge on any atom is 0.338 e. The summed E-state index contributed by atoms with van der Waals surface area (Å²) in [5, 5.41) is 0. The second-order valence-corrected chi connectivity index (χ2v) is 29.7. The number of carbonyl (C=O) groups excluding carboxylic acids is 8. The van der Waals surface area contributed by atoms with Crippen molar-refractivity contribution < 1.29 is 91.4 Å². The van der Waals surface area contributed by atoms with E-state index >= 15 is 0 Å². The highest BCUT2D eigenvalue weighted by Gasteiger charge is 2.32. The third-order valence-corrected chi connectivity index (χ3v) is 21.1. The van der Waals surface area contributed by atoms with Crippen molar-refractivity contribution in [2.75, 3.05) is 14.2 Å². The Kier molecular flexibility index (Phi) is 34.9. The normalized spacial score (nSPS) is 18.9. The molecule has 12 rings (SSSR count). The Morgan fingerprint density at radius 3 is 0.561 bits per heavy atom. The first-order valence-corrected chi connectivity index (χ1v) is 40.7. The van der Waals surface area contributed by atoms with E-state index in [1.807, 2.05) is 135 Å². The number of methoxy groups -OCH3 is 2. The van der Waals surface area contributed by atoms with E-state index in [0.717, 1.165) is 62.5 Å². The van der Waals surface area contributed by atoms with Gasteiger partial charge in [-0.3, -0.25) is 0 Å². The van der Waals surface area contributed by atoms with Gasteiger partial charge in [0.05, 0.1) is 58.7 Å². The Morgan fingerprint density at radius 2 is 0.404 bits per heavy atom. The van der Waals surface area contributed by atoms with Crippen LogP contribution in [0.2, 0.25) is 0 Å². The number of rotatable bonds is 26. The molecule has 4 saturated carbocycles. The minimum Gasteiger partial charge on any atom is -0.497 e. The van der Waals surface area contributed by atoms with Crippen LogP contribution in [-0.4, -0.2) is 111 Å². The maximum atomic E-state index is 12.5. The van der Waals surface area contributed by atoms with Gasteiger partial charge in [-0.05, 0) is 299 Å².